The van der Waals surface area contributed by atoms with Gasteiger partial charge in [-0.3, -0.25) is 10.1 Å². The van der Waals surface area contributed by atoms with Gasteiger partial charge in [0.2, 0.25) is 5.91 Å². The van der Waals surface area contributed by atoms with E-state index in [9.17, 15) is 9.59 Å². The van der Waals surface area contributed by atoms with Crippen LogP contribution in [0.2, 0.25) is 0 Å². The Bertz CT molecular complexity index is 531. The van der Waals surface area contributed by atoms with Crippen LogP contribution in [0.25, 0.3) is 0 Å². The molecule has 2 rings (SSSR count). The topological polar surface area (TPSA) is 58.6 Å². The third kappa shape index (κ3) is 2.89. The van der Waals surface area contributed by atoms with Crippen LogP contribution in [0.15, 0.2) is 16.6 Å². The number of amides is 2. The second-order valence-electron chi connectivity index (χ2n) is 4.23. The number of anilines is 2. The maximum atomic E-state index is 11.6. The monoisotopic (exact) mass is 326 g/mol. The summed E-state index contributed by atoms with van der Waals surface area (Å²) in [5.41, 5.74) is 2.40. The fourth-order valence-electron chi connectivity index (χ4n) is 2.20. The second kappa shape index (κ2) is 5.61. The summed E-state index contributed by atoms with van der Waals surface area (Å²) < 4.78 is 5.74. The molecule has 0 aromatic heterocycles. The summed E-state index contributed by atoms with van der Waals surface area (Å²) in [6, 6.07) is 3.74. The summed E-state index contributed by atoms with van der Waals surface area (Å²) in [6.45, 7) is 4.20. The molecule has 0 radical (unpaired) electrons. The minimum absolute atomic E-state index is 0.0343. The standard InChI is InChI=1S/C13H15BrN2O3/c1-3-19-13(18)15-11-7-10(14)6-9-4-5-16(8(2)17)12(9)11/h6-7H,3-5H2,1-2H3,(H,15,18). The Kier molecular flexibility index (Phi) is 4.09. The van der Waals surface area contributed by atoms with Gasteiger partial charge in [0.15, 0.2) is 0 Å². The third-order valence-electron chi connectivity index (χ3n) is 2.92. The molecule has 1 N–H and O–H groups in total. The van der Waals surface area contributed by atoms with Crippen molar-refractivity contribution < 1.29 is 14.3 Å². The van der Waals surface area contributed by atoms with Crippen molar-refractivity contribution in [3.05, 3.63) is 22.2 Å². The highest BCUT2D eigenvalue weighted by Crippen LogP contribution is 2.38. The lowest BCUT2D eigenvalue weighted by atomic mass is 10.1. The molecule has 5 nitrogen and oxygen atoms in total. The zero-order valence-electron chi connectivity index (χ0n) is 10.8. The Morgan fingerprint density at radius 3 is 2.84 bits per heavy atom. The van der Waals surface area contributed by atoms with Crippen molar-refractivity contribution in [2.45, 2.75) is 20.3 Å². The van der Waals surface area contributed by atoms with Crippen LogP contribution in [0, 0.1) is 0 Å². The van der Waals surface area contributed by atoms with Gasteiger partial charge >= 0.3 is 6.09 Å². The molecular formula is C13H15BrN2O3. The van der Waals surface area contributed by atoms with E-state index in [2.05, 4.69) is 21.2 Å². The molecule has 0 atom stereocenters. The molecule has 1 heterocycles. The largest absolute Gasteiger partial charge is 0.450 e. The number of halogens is 1. The van der Waals surface area contributed by atoms with Crippen LogP contribution in [0.3, 0.4) is 0 Å². The predicted octanol–water partition coefficient (Wildman–Crippen LogP) is 2.93. The first-order valence-corrected chi connectivity index (χ1v) is 6.86. The first-order chi connectivity index (χ1) is 9.02. The van der Waals surface area contributed by atoms with Crippen LogP contribution >= 0.6 is 15.9 Å². The number of hydrogen-bond donors (Lipinski definition) is 1. The summed E-state index contributed by atoms with van der Waals surface area (Å²) in [4.78, 5) is 24.8. The highest BCUT2D eigenvalue weighted by Gasteiger charge is 2.26. The van der Waals surface area contributed by atoms with Gasteiger partial charge in [0, 0.05) is 17.9 Å². The summed E-state index contributed by atoms with van der Waals surface area (Å²) in [5, 5.41) is 2.68. The van der Waals surface area contributed by atoms with Crippen LogP contribution in [0.5, 0.6) is 0 Å². The maximum absolute atomic E-state index is 11.6. The fourth-order valence-corrected chi connectivity index (χ4v) is 2.70. The summed E-state index contributed by atoms with van der Waals surface area (Å²) in [7, 11) is 0. The first kappa shape index (κ1) is 13.9. The molecule has 0 unspecified atom stereocenters. The Balaban J connectivity index is 2.38. The van der Waals surface area contributed by atoms with Gasteiger partial charge in [0.25, 0.3) is 0 Å². The molecule has 6 heteroatoms. The van der Waals surface area contributed by atoms with Crippen molar-refractivity contribution in [2.75, 3.05) is 23.4 Å². The van der Waals surface area contributed by atoms with E-state index in [-0.39, 0.29) is 5.91 Å². The third-order valence-corrected chi connectivity index (χ3v) is 3.38. The number of rotatable bonds is 2. The summed E-state index contributed by atoms with van der Waals surface area (Å²) >= 11 is 3.41. The minimum atomic E-state index is -0.516. The van der Waals surface area contributed by atoms with Crippen LogP contribution in [0.4, 0.5) is 16.2 Å². The molecule has 1 aromatic rings. The lowest BCUT2D eigenvalue weighted by Crippen LogP contribution is -2.27. The van der Waals surface area contributed by atoms with Crippen molar-refractivity contribution in [2.24, 2.45) is 0 Å². The van der Waals surface area contributed by atoms with Gasteiger partial charge in [0.05, 0.1) is 18.0 Å². The van der Waals surface area contributed by atoms with Crippen molar-refractivity contribution in [1.82, 2.24) is 0 Å². The van der Waals surface area contributed by atoms with Crippen LogP contribution in [-0.4, -0.2) is 25.2 Å². The van der Waals surface area contributed by atoms with Gasteiger partial charge in [0.1, 0.15) is 0 Å². The number of benzene rings is 1. The smallest absolute Gasteiger partial charge is 0.411 e. The van der Waals surface area contributed by atoms with E-state index in [0.29, 0.717) is 18.8 Å². The lowest BCUT2D eigenvalue weighted by Gasteiger charge is -2.19. The highest BCUT2D eigenvalue weighted by atomic mass is 79.9. The van der Waals surface area contributed by atoms with Crippen molar-refractivity contribution in [1.29, 1.82) is 0 Å². The van der Waals surface area contributed by atoms with Gasteiger partial charge in [-0.15, -0.1) is 0 Å². The molecule has 2 amide bonds. The van der Waals surface area contributed by atoms with Gasteiger partial charge < -0.3 is 9.64 Å². The normalized spacial score (nSPS) is 13.1. The van der Waals surface area contributed by atoms with E-state index < -0.39 is 6.09 Å². The molecule has 0 aliphatic carbocycles. The molecule has 1 aliphatic heterocycles. The summed E-state index contributed by atoms with van der Waals surface area (Å²) in [5.74, 6) is -0.0343. The summed E-state index contributed by atoms with van der Waals surface area (Å²) in [6.07, 6.45) is 0.268. The molecule has 0 fully saturated rings. The first-order valence-electron chi connectivity index (χ1n) is 6.07. The molecule has 1 aliphatic rings. The number of hydrogen-bond acceptors (Lipinski definition) is 3. The van der Waals surface area contributed by atoms with Gasteiger partial charge in [-0.25, -0.2) is 4.79 Å². The van der Waals surface area contributed by atoms with Gasteiger partial charge in [-0.1, -0.05) is 15.9 Å². The van der Waals surface area contributed by atoms with E-state index >= 15 is 0 Å². The highest BCUT2D eigenvalue weighted by molar-refractivity contribution is 9.10. The molecule has 0 saturated carbocycles. The number of nitrogens with zero attached hydrogens (tertiary/aromatic N) is 1. The Labute approximate surface area is 120 Å². The van der Waals surface area contributed by atoms with Crippen LogP contribution in [0.1, 0.15) is 19.4 Å². The second-order valence-corrected chi connectivity index (χ2v) is 5.14. The van der Waals surface area contributed by atoms with Gasteiger partial charge in [-0.05, 0) is 31.0 Å². The molecule has 1 aromatic carbocycles. The van der Waals surface area contributed by atoms with E-state index in [0.717, 1.165) is 22.1 Å². The number of fused-ring (bicyclic) bond motifs is 1. The number of carbonyl (C=O) groups excluding carboxylic acids is 2. The number of ether oxygens (including phenoxy) is 1. The minimum Gasteiger partial charge on any atom is -0.450 e. The SMILES string of the molecule is CCOC(=O)Nc1cc(Br)cc2c1N(C(C)=O)CC2. The zero-order chi connectivity index (χ0) is 14.0. The molecule has 102 valence electrons. The van der Waals surface area contributed by atoms with Crippen LogP contribution in [-0.2, 0) is 16.0 Å². The van der Waals surface area contributed by atoms with Crippen LogP contribution < -0.4 is 10.2 Å². The predicted molar refractivity (Wildman–Crippen MR) is 76.5 cm³/mol. The number of nitrogens with one attached hydrogen (secondary N) is 1. The van der Waals surface area contributed by atoms with Crippen molar-refractivity contribution >= 4 is 39.3 Å². The molecule has 0 saturated heterocycles. The Hall–Kier alpha value is -1.56. The average molecular weight is 327 g/mol. The molecular weight excluding hydrogens is 312 g/mol. The van der Waals surface area contributed by atoms with E-state index in [1.54, 1.807) is 17.9 Å². The van der Waals surface area contributed by atoms with E-state index in [1.165, 1.54) is 6.92 Å². The zero-order valence-corrected chi connectivity index (χ0v) is 12.4. The Morgan fingerprint density at radius 2 is 2.21 bits per heavy atom. The molecule has 0 spiro atoms. The Morgan fingerprint density at radius 1 is 1.47 bits per heavy atom. The molecule has 19 heavy (non-hydrogen) atoms. The molecule has 0 bridgehead atoms. The van der Waals surface area contributed by atoms with E-state index in [4.69, 9.17) is 4.74 Å². The lowest BCUT2D eigenvalue weighted by molar-refractivity contribution is -0.116. The fraction of sp³-hybridized carbons (Fsp3) is 0.385. The van der Waals surface area contributed by atoms with E-state index in [1.807, 2.05) is 6.07 Å². The van der Waals surface area contributed by atoms with Gasteiger partial charge in [-0.2, -0.15) is 0 Å². The quantitative estimate of drug-likeness (QED) is 0.909. The van der Waals surface area contributed by atoms with Crippen molar-refractivity contribution in [3.8, 4) is 0 Å². The maximum Gasteiger partial charge on any atom is 0.411 e. The van der Waals surface area contributed by atoms with Crippen molar-refractivity contribution in [3.63, 3.8) is 0 Å². The number of carbonyl (C=O) groups is 2. The average Bonchev–Trinajstić information content (AvgIpc) is 2.72.